The monoisotopic (exact) mass is 307 g/mol. The van der Waals surface area contributed by atoms with E-state index in [0.717, 1.165) is 23.8 Å². The van der Waals surface area contributed by atoms with Crippen LogP contribution in [0.5, 0.6) is 0 Å². The van der Waals surface area contributed by atoms with E-state index < -0.39 is 0 Å². The molecule has 0 aromatic carbocycles. The second-order valence-corrected chi connectivity index (χ2v) is 6.86. The number of fused-ring (bicyclic) bond motifs is 1. The molecule has 1 aliphatic rings. The quantitative estimate of drug-likeness (QED) is 0.916. The van der Waals surface area contributed by atoms with Crippen LogP contribution in [0.25, 0.3) is 4.96 Å². The van der Waals surface area contributed by atoms with E-state index in [2.05, 4.69) is 21.9 Å². The molecule has 0 radical (unpaired) electrons. The minimum atomic E-state index is -0.109. The first-order valence-corrected chi connectivity index (χ1v) is 8.20. The van der Waals surface area contributed by atoms with Crippen LogP contribution in [0.15, 0.2) is 10.9 Å². The Morgan fingerprint density at radius 3 is 3.10 bits per heavy atom. The average molecular weight is 307 g/mol. The molecule has 1 aliphatic heterocycles. The molecule has 0 bridgehead atoms. The number of hydrogen-bond acceptors (Lipinski definition) is 6. The van der Waals surface area contributed by atoms with Crippen LogP contribution in [0, 0.1) is 12.8 Å². The minimum absolute atomic E-state index is 0.109. The van der Waals surface area contributed by atoms with Crippen molar-refractivity contribution in [3.8, 4) is 0 Å². The molecule has 0 aliphatic carbocycles. The third-order valence-electron chi connectivity index (χ3n) is 4.23. The highest BCUT2D eigenvalue weighted by Crippen LogP contribution is 2.25. The molecule has 3 rings (SSSR count). The van der Waals surface area contributed by atoms with Gasteiger partial charge in [-0.3, -0.25) is 9.69 Å². The van der Waals surface area contributed by atoms with Crippen molar-refractivity contribution in [2.24, 2.45) is 11.7 Å². The summed E-state index contributed by atoms with van der Waals surface area (Å²) in [5.41, 5.74) is 6.56. The Kier molecular flexibility index (Phi) is 4.05. The third kappa shape index (κ3) is 2.86. The molecule has 3 heterocycles. The summed E-state index contributed by atoms with van der Waals surface area (Å²) >= 11 is 1.49. The molecule has 21 heavy (non-hydrogen) atoms. The number of aryl methyl sites for hydroxylation is 1. The van der Waals surface area contributed by atoms with Gasteiger partial charge in [-0.05, 0) is 32.2 Å². The molecular weight excluding hydrogens is 286 g/mol. The molecule has 2 atom stereocenters. The number of likely N-dealkylation sites (tertiary alicyclic amines) is 1. The van der Waals surface area contributed by atoms with Crippen molar-refractivity contribution < 1.29 is 0 Å². The fourth-order valence-corrected chi connectivity index (χ4v) is 4.08. The van der Waals surface area contributed by atoms with Crippen molar-refractivity contribution >= 4 is 16.3 Å². The summed E-state index contributed by atoms with van der Waals surface area (Å²) in [5.74, 6) is 0.612. The molecule has 6 nitrogen and oxygen atoms in total. The van der Waals surface area contributed by atoms with E-state index in [1.165, 1.54) is 34.8 Å². The third-order valence-corrected chi connectivity index (χ3v) is 5.12. The lowest BCUT2D eigenvalue weighted by Gasteiger charge is -2.38. The molecule has 1 fully saturated rings. The van der Waals surface area contributed by atoms with Gasteiger partial charge in [0.25, 0.3) is 5.56 Å². The normalized spacial score (nSPS) is 23.8. The smallest absolute Gasteiger partial charge is 0.275 e. The highest BCUT2D eigenvalue weighted by molar-refractivity contribution is 7.16. The molecule has 2 N–H and O–H groups in total. The van der Waals surface area contributed by atoms with Crippen molar-refractivity contribution in [3.63, 3.8) is 0 Å². The summed E-state index contributed by atoms with van der Waals surface area (Å²) in [6.07, 6.45) is 2.43. The Morgan fingerprint density at radius 2 is 2.33 bits per heavy atom. The van der Waals surface area contributed by atoms with Gasteiger partial charge in [-0.25, -0.2) is 4.98 Å². The lowest BCUT2D eigenvalue weighted by atomic mass is 9.91. The van der Waals surface area contributed by atoms with Crippen LogP contribution in [0.1, 0.15) is 30.5 Å². The summed E-state index contributed by atoms with van der Waals surface area (Å²) in [6, 6.07) is 1.92. The van der Waals surface area contributed by atoms with Crippen LogP contribution >= 0.6 is 11.3 Å². The van der Waals surface area contributed by atoms with Crippen LogP contribution in [-0.2, 0) is 6.54 Å². The summed E-state index contributed by atoms with van der Waals surface area (Å²) < 4.78 is 1.40. The first-order chi connectivity index (χ1) is 10.1. The zero-order valence-electron chi connectivity index (χ0n) is 12.5. The summed E-state index contributed by atoms with van der Waals surface area (Å²) in [5, 5.41) is 5.35. The van der Waals surface area contributed by atoms with Gasteiger partial charge < -0.3 is 5.73 Å². The average Bonchev–Trinajstić information content (AvgIpc) is 2.82. The van der Waals surface area contributed by atoms with E-state index in [4.69, 9.17) is 5.73 Å². The predicted octanol–water partition coefficient (Wildman–Crippen LogP) is 1.02. The van der Waals surface area contributed by atoms with Gasteiger partial charge in [-0.2, -0.15) is 9.61 Å². The number of nitrogens with zero attached hydrogens (tertiary/aromatic N) is 4. The summed E-state index contributed by atoms with van der Waals surface area (Å²) in [4.78, 5) is 19.4. The van der Waals surface area contributed by atoms with E-state index in [-0.39, 0.29) is 5.56 Å². The number of piperidine rings is 1. The molecule has 114 valence electrons. The van der Waals surface area contributed by atoms with E-state index in [0.29, 0.717) is 23.5 Å². The maximum atomic E-state index is 11.9. The number of aromatic nitrogens is 3. The van der Waals surface area contributed by atoms with E-state index in [1.807, 2.05) is 6.92 Å². The van der Waals surface area contributed by atoms with Crippen molar-refractivity contribution in [1.82, 2.24) is 19.5 Å². The Bertz CT molecular complexity index is 694. The second-order valence-electron chi connectivity index (χ2n) is 5.82. The van der Waals surface area contributed by atoms with E-state index in [9.17, 15) is 4.79 Å². The van der Waals surface area contributed by atoms with Gasteiger partial charge in [0.05, 0.1) is 6.54 Å². The Hall–Kier alpha value is -1.31. The minimum Gasteiger partial charge on any atom is -0.329 e. The standard InChI is InChI=1S/C14H21N5OS/c1-9-4-3-5-18(11(9)7-15)8-12-17-19-13(20)6-10(2)16-14(19)21-12/h6,9,11H,3-5,7-8,15H2,1-2H3. The lowest BCUT2D eigenvalue weighted by molar-refractivity contribution is 0.0987. The number of rotatable bonds is 3. The molecule has 2 aromatic heterocycles. The Morgan fingerprint density at radius 1 is 1.52 bits per heavy atom. The summed E-state index contributed by atoms with van der Waals surface area (Å²) in [6.45, 7) is 6.56. The fourth-order valence-electron chi connectivity index (χ4n) is 3.11. The number of hydrogen-bond donors (Lipinski definition) is 1. The van der Waals surface area contributed by atoms with E-state index >= 15 is 0 Å². The number of nitrogens with two attached hydrogens (primary N) is 1. The zero-order chi connectivity index (χ0) is 15.0. The molecule has 2 aromatic rings. The molecule has 1 saturated heterocycles. The lowest BCUT2D eigenvalue weighted by Crippen LogP contribution is -2.48. The van der Waals surface area contributed by atoms with Crippen LogP contribution < -0.4 is 11.3 Å². The van der Waals surface area contributed by atoms with Crippen LogP contribution in [0.2, 0.25) is 0 Å². The molecule has 0 saturated carbocycles. The van der Waals surface area contributed by atoms with Crippen molar-refractivity contribution in [2.45, 2.75) is 39.3 Å². The molecule has 2 unspecified atom stereocenters. The first-order valence-electron chi connectivity index (χ1n) is 7.39. The molecule has 0 spiro atoms. The molecule has 0 amide bonds. The Labute approximate surface area is 127 Å². The van der Waals surface area contributed by atoms with Gasteiger partial charge in [-0.15, -0.1) is 0 Å². The predicted molar refractivity (Wildman–Crippen MR) is 83.5 cm³/mol. The molecular formula is C14H21N5OS. The van der Waals surface area contributed by atoms with Gasteiger partial charge in [0.1, 0.15) is 5.01 Å². The van der Waals surface area contributed by atoms with Crippen molar-refractivity contribution in [3.05, 3.63) is 27.1 Å². The summed E-state index contributed by atoms with van der Waals surface area (Å²) in [7, 11) is 0. The van der Waals surface area contributed by atoms with Gasteiger partial charge in [0, 0.05) is 24.3 Å². The van der Waals surface area contributed by atoms with Gasteiger partial charge >= 0.3 is 0 Å². The largest absolute Gasteiger partial charge is 0.329 e. The SMILES string of the molecule is Cc1cc(=O)n2nc(CN3CCCC(C)C3CN)sc2n1. The topological polar surface area (TPSA) is 76.5 Å². The van der Waals surface area contributed by atoms with Crippen molar-refractivity contribution in [1.29, 1.82) is 0 Å². The zero-order valence-corrected chi connectivity index (χ0v) is 13.3. The highest BCUT2D eigenvalue weighted by Gasteiger charge is 2.28. The van der Waals surface area contributed by atoms with E-state index in [1.54, 1.807) is 0 Å². The van der Waals surface area contributed by atoms with Crippen LogP contribution in [0.3, 0.4) is 0 Å². The van der Waals surface area contributed by atoms with Gasteiger partial charge in [0.2, 0.25) is 4.96 Å². The second kappa shape index (κ2) is 5.82. The molecule has 7 heteroatoms. The Balaban J connectivity index is 1.87. The van der Waals surface area contributed by atoms with Gasteiger partial charge in [0.15, 0.2) is 0 Å². The fraction of sp³-hybridized carbons (Fsp3) is 0.643. The van der Waals surface area contributed by atoms with Crippen LogP contribution in [-0.4, -0.2) is 38.6 Å². The maximum Gasteiger partial charge on any atom is 0.275 e. The van der Waals surface area contributed by atoms with Gasteiger partial charge in [-0.1, -0.05) is 18.3 Å². The maximum absolute atomic E-state index is 11.9. The van der Waals surface area contributed by atoms with Crippen molar-refractivity contribution in [2.75, 3.05) is 13.1 Å². The van der Waals surface area contributed by atoms with Crippen LogP contribution in [0.4, 0.5) is 0 Å². The first kappa shape index (κ1) is 14.6. The highest BCUT2D eigenvalue weighted by atomic mass is 32.1.